The molecule has 0 unspecified atom stereocenters. The Hall–Kier alpha value is -2.80. The summed E-state index contributed by atoms with van der Waals surface area (Å²) in [5, 5.41) is 14.2. The lowest BCUT2D eigenvalue weighted by Crippen LogP contribution is -1.80. The Kier molecular flexibility index (Phi) is 2.65. The van der Waals surface area contributed by atoms with Gasteiger partial charge in [0.05, 0.1) is 0 Å². The first-order chi connectivity index (χ1) is 10.3. The third kappa shape index (κ3) is 2.13. The molecular weight excluding hydrogens is 256 g/mol. The predicted molar refractivity (Wildman–Crippen MR) is 88.6 cm³/mol. The lowest BCUT2D eigenvalue weighted by molar-refractivity contribution is 0.476. The van der Waals surface area contributed by atoms with E-state index in [0.717, 1.165) is 10.8 Å². The Morgan fingerprint density at radius 1 is 0.476 bits per heavy atom. The molecule has 1 heteroatoms. The molecule has 1 nitrogen and oxygen atoms in total. The van der Waals surface area contributed by atoms with E-state index < -0.39 is 0 Å². The van der Waals surface area contributed by atoms with Crippen molar-refractivity contribution >= 4 is 21.5 Å². The second-order valence-corrected chi connectivity index (χ2v) is 5.31. The molecule has 0 amide bonds. The first kappa shape index (κ1) is 12.0. The molecular formula is C20H14O. The summed E-state index contributed by atoms with van der Waals surface area (Å²) in [6.07, 6.45) is 0. The van der Waals surface area contributed by atoms with Crippen molar-refractivity contribution in [3.05, 3.63) is 78.9 Å². The van der Waals surface area contributed by atoms with Crippen LogP contribution in [0, 0.1) is 0 Å². The van der Waals surface area contributed by atoms with Gasteiger partial charge in [0.25, 0.3) is 0 Å². The first-order valence-corrected chi connectivity index (χ1v) is 7.02. The van der Waals surface area contributed by atoms with E-state index in [2.05, 4.69) is 60.7 Å². The fourth-order valence-corrected chi connectivity index (χ4v) is 2.78. The SMILES string of the molecule is Oc1ccc2cc(-c3ccc4ccccc4c3)ccc2c1. The van der Waals surface area contributed by atoms with E-state index in [1.165, 1.54) is 21.9 Å². The van der Waals surface area contributed by atoms with Gasteiger partial charge in [-0.1, -0.05) is 54.6 Å². The van der Waals surface area contributed by atoms with Crippen LogP contribution >= 0.6 is 0 Å². The van der Waals surface area contributed by atoms with E-state index in [4.69, 9.17) is 0 Å². The Morgan fingerprint density at radius 2 is 1.00 bits per heavy atom. The van der Waals surface area contributed by atoms with Crippen molar-refractivity contribution in [2.24, 2.45) is 0 Å². The summed E-state index contributed by atoms with van der Waals surface area (Å²) in [5.41, 5.74) is 2.41. The minimum Gasteiger partial charge on any atom is -0.508 e. The predicted octanol–water partition coefficient (Wildman–Crippen LogP) is 5.37. The number of rotatable bonds is 1. The molecule has 0 heterocycles. The molecule has 0 fully saturated rings. The molecule has 0 saturated carbocycles. The van der Waals surface area contributed by atoms with Gasteiger partial charge in [0, 0.05) is 0 Å². The maximum atomic E-state index is 9.53. The molecule has 100 valence electrons. The van der Waals surface area contributed by atoms with Crippen molar-refractivity contribution in [2.45, 2.75) is 0 Å². The Bertz CT molecular complexity index is 954. The summed E-state index contributed by atoms with van der Waals surface area (Å²) < 4.78 is 0. The molecule has 1 N–H and O–H groups in total. The molecule has 4 aromatic rings. The second-order valence-electron chi connectivity index (χ2n) is 5.31. The van der Waals surface area contributed by atoms with Gasteiger partial charge in [0.15, 0.2) is 0 Å². The van der Waals surface area contributed by atoms with Crippen molar-refractivity contribution in [3.63, 3.8) is 0 Å². The van der Waals surface area contributed by atoms with E-state index in [9.17, 15) is 5.11 Å². The number of hydrogen-bond donors (Lipinski definition) is 1. The minimum atomic E-state index is 0.306. The molecule has 0 aromatic heterocycles. The average molecular weight is 270 g/mol. The summed E-state index contributed by atoms with van der Waals surface area (Å²) in [5.74, 6) is 0.306. The van der Waals surface area contributed by atoms with Crippen LogP contribution in [0.25, 0.3) is 32.7 Å². The van der Waals surface area contributed by atoms with Crippen LogP contribution in [-0.4, -0.2) is 5.11 Å². The Balaban J connectivity index is 1.89. The smallest absolute Gasteiger partial charge is 0.116 e. The number of benzene rings is 4. The molecule has 0 aliphatic rings. The minimum absolute atomic E-state index is 0.306. The third-order valence-corrected chi connectivity index (χ3v) is 3.91. The fourth-order valence-electron chi connectivity index (χ4n) is 2.78. The Morgan fingerprint density at radius 3 is 1.76 bits per heavy atom. The molecule has 0 spiro atoms. The van der Waals surface area contributed by atoms with E-state index in [1.807, 2.05) is 6.07 Å². The van der Waals surface area contributed by atoms with Gasteiger partial charge in [-0.15, -0.1) is 0 Å². The number of phenolic OH excluding ortho intramolecular Hbond substituents is 1. The standard InChI is InChI=1S/C20H14O/c21-20-10-9-18-12-17(7-8-19(18)13-20)16-6-5-14-3-1-2-4-15(14)11-16/h1-13,21H. The van der Waals surface area contributed by atoms with Gasteiger partial charge in [0.1, 0.15) is 5.75 Å². The lowest BCUT2D eigenvalue weighted by Gasteiger charge is -2.06. The van der Waals surface area contributed by atoms with Crippen LogP contribution in [0.3, 0.4) is 0 Å². The molecule has 21 heavy (non-hydrogen) atoms. The zero-order valence-electron chi connectivity index (χ0n) is 11.5. The molecule has 0 aliphatic heterocycles. The Labute approximate surface area is 123 Å². The van der Waals surface area contributed by atoms with Crippen LogP contribution in [0.4, 0.5) is 0 Å². The number of hydrogen-bond acceptors (Lipinski definition) is 1. The topological polar surface area (TPSA) is 20.2 Å². The highest BCUT2D eigenvalue weighted by atomic mass is 16.3. The normalized spacial score (nSPS) is 11.0. The van der Waals surface area contributed by atoms with Crippen molar-refractivity contribution < 1.29 is 5.11 Å². The molecule has 0 saturated heterocycles. The van der Waals surface area contributed by atoms with Crippen LogP contribution in [0.15, 0.2) is 78.9 Å². The van der Waals surface area contributed by atoms with Gasteiger partial charge in [-0.3, -0.25) is 0 Å². The highest BCUT2D eigenvalue weighted by molar-refractivity contribution is 5.91. The molecule has 4 aromatic carbocycles. The van der Waals surface area contributed by atoms with E-state index in [-0.39, 0.29) is 0 Å². The summed E-state index contributed by atoms with van der Waals surface area (Å²) in [7, 11) is 0. The number of fused-ring (bicyclic) bond motifs is 2. The maximum Gasteiger partial charge on any atom is 0.116 e. The summed E-state index contributed by atoms with van der Waals surface area (Å²) in [6, 6.07) is 26.7. The summed E-state index contributed by atoms with van der Waals surface area (Å²) >= 11 is 0. The molecule has 4 rings (SSSR count). The van der Waals surface area contributed by atoms with E-state index >= 15 is 0 Å². The first-order valence-electron chi connectivity index (χ1n) is 7.02. The third-order valence-electron chi connectivity index (χ3n) is 3.91. The molecule has 0 bridgehead atoms. The number of phenols is 1. The van der Waals surface area contributed by atoms with Crippen LogP contribution in [0.5, 0.6) is 5.75 Å². The van der Waals surface area contributed by atoms with Crippen LogP contribution < -0.4 is 0 Å². The fraction of sp³-hybridized carbons (Fsp3) is 0. The highest BCUT2D eigenvalue weighted by Gasteiger charge is 2.02. The molecule has 0 radical (unpaired) electrons. The van der Waals surface area contributed by atoms with Gasteiger partial charge in [0.2, 0.25) is 0 Å². The second kappa shape index (κ2) is 4.64. The van der Waals surface area contributed by atoms with Crippen LogP contribution in [0.2, 0.25) is 0 Å². The van der Waals surface area contributed by atoms with Crippen LogP contribution in [0.1, 0.15) is 0 Å². The zero-order valence-corrected chi connectivity index (χ0v) is 11.5. The highest BCUT2D eigenvalue weighted by Crippen LogP contribution is 2.28. The van der Waals surface area contributed by atoms with Gasteiger partial charge in [-0.25, -0.2) is 0 Å². The average Bonchev–Trinajstić information content (AvgIpc) is 2.54. The van der Waals surface area contributed by atoms with E-state index in [1.54, 1.807) is 12.1 Å². The van der Waals surface area contributed by atoms with E-state index in [0.29, 0.717) is 5.75 Å². The van der Waals surface area contributed by atoms with Crippen molar-refractivity contribution in [1.82, 2.24) is 0 Å². The molecule has 0 atom stereocenters. The quantitative estimate of drug-likeness (QED) is 0.493. The lowest BCUT2D eigenvalue weighted by atomic mass is 9.98. The van der Waals surface area contributed by atoms with Crippen LogP contribution in [-0.2, 0) is 0 Å². The van der Waals surface area contributed by atoms with Gasteiger partial charge < -0.3 is 5.11 Å². The van der Waals surface area contributed by atoms with Gasteiger partial charge in [-0.05, 0) is 56.9 Å². The monoisotopic (exact) mass is 270 g/mol. The van der Waals surface area contributed by atoms with Crippen molar-refractivity contribution in [1.29, 1.82) is 0 Å². The molecule has 0 aliphatic carbocycles. The summed E-state index contributed by atoms with van der Waals surface area (Å²) in [6.45, 7) is 0. The largest absolute Gasteiger partial charge is 0.508 e. The number of aromatic hydroxyl groups is 1. The zero-order chi connectivity index (χ0) is 14.2. The summed E-state index contributed by atoms with van der Waals surface area (Å²) in [4.78, 5) is 0. The van der Waals surface area contributed by atoms with Crippen molar-refractivity contribution in [2.75, 3.05) is 0 Å². The van der Waals surface area contributed by atoms with Crippen molar-refractivity contribution in [3.8, 4) is 16.9 Å². The maximum absolute atomic E-state index is 9.53. The van der Waals surface area contributed by atoms with Gasteiger partial charge in [-0.2, -0.15) is 0 Å². The van der Waals surface area contributed by atoms with Gasteiger partial charge >= 0.3 is 0 Å².